The fourth-order valence-electron chi connectivity index (χ4n) is 2.31. The topological polar surface area (TPSA) is 73.9 Å². The Labute approximate surface area is 133 Å². The van der Waals surface area contributed by atoms with Crippen molar-refractivity contribution in [3.63, 3.8) is 0 Å². The maximum atomic E-state index is 12.0. The zero-order valence-electron chi connectivity index (χ0n) is 14.1. The monoisotopic (exact) mass is 314 g/mol. The van der Waals surface area contributed by atoms with E-state index >= 15 is 0 Å². The lowest BCUT2D eigenvalue weighted by Crippen LogP contribution is -2.53. The molecule has 22 heavy (non-hydrogen) atoms. The third-order valence-electron chi connectivity index (χ3n) is 3.42. The summed E-state index contributed by atoms with van der Waals surface area (Å²) >= 11 is 0. The summed E-state index contributed by atoms with van der Waals surface area (Å²) in [5, 5.41) is 5.79. The quantitative estimate of drug-likeness (QED) is 0.631. The van der Waals surface area contributed by atoms with Crippen LogP contribution in [0.3, 0.4) is 0 Å². The third-order valence-corrected chi connectivity index (χ3v) is 3.42. The van der Waals surface area contributed by atoms with Gasteiger partial charge in [-0.1, -0.05) is 0 Å². The van der Waals surface area contributed by atoms with Gasteiger partial charge in [-0.05, 0) is 27.2 Å². The molecule has 0 saturated carbocycles. The predicted molar refractivity (Wildman–Crippen MR) is 85.8 cm³/mol. The molecule has 7 nitrogen and oxygen atoms in total. The van der Waals surface area contributed by atoms with Crippen LogP contribution in [0.15, 0.2) is 0 Å². The zero-order valence-corrected chi connectivity index (χ0v) is 14.1. The van der Waals surface area contributed by atoms with Gasteiger partial charge in [-0.3, -0.25) is 9.69 Å². The van der Waals surface area contributed by atoms with Gasteiger partial charge in [0.05, 0.1) is 6.54 Å². The molecule has 1 heterocycles. The largest absolute Gasteiger partial charge is 0.382 e. The van der Waals surface area contributed by atoms with Crippen molar-refractivity contribution in [2.45, 2.75) is 33.2 Å². The molecule has 0 radical (unpaired) electrons. The van der Waals surface area contributed by atoms with Crippen LogP contribution in [-0.2, 0) is 9.53 Å². The molecule has 3 amide bonds. The van der Waals surface area contributed by atoms with Crippen LogP contribution in [-0.4, -0.2) is 80.3 Å². The molecule has 0 aliphatic carbocycles. The van der Waals surface area contributed by atoms with Gasteiger partial charge in [0, 0.05) is 52.0 Å². The molecule has 0 spiro atoms. The smallest absolute Gasteiger partial charge is 0.317 e. The number of amides is 3. The van der Waals surface area contributed by atoms with Crippen molar-refractivity contribution in [1.29, 1.82) is 0 Å². The van der Waals surface area contributed by atoms with E-state index in [4.69, 9.17) is 4.74 Å². The molecule has 0 aromatic carbocycles. The van der Waals surface area contributed by atoms with Crippen LogP contribution in [0, 0.1) is 0 Å². The first kappa shape index (κ1) is 18.7. The highest BCUT2D eigenvalue weighted by atomic mass is 16.5. The predicted octanol–water partition coefficient (Wildman–Crippen LogP) is 0.265. The second-order valence-electron chi connectivity index (χ2n) is 5.77. The standard InChI is InChI=1S/C15H30N4O3/c1-4-22-11-5-6-16-15(21)19-9-7-18(8-10-19)12-14(20)17-13(2)3/h13H,4-12H2,1-3H3,(H,16,21)(H,17,20). The first-order valence-corrected chi connectivity index (χ1v) is 8.15. The fraction of sp³-hybridized carbons (Fsp3) is 0.867. The van der Waals surface area contributed by atoms with E-state index in [2.05, 4.69) is 15.5 Å². The molecule has 0 atom stereocenters. The van der Waals surface area contributed by atoms with Gasteiger partial charge >= 0.3 is 6.03 Å². The average molecular weight is 314 g/mol. The second-order valence-corrected chi connectivity index (χ2v) is 5.77. The van der Waals surface area contributed by atoms with Crippen LogP contribution in [0.25, 0.3) is 0 Å². The molecule has 1 fully saturated rings. The number of urea groups is 1. The van der Waals surface area contributed by atoms with Crippen LogP contribution < -0.4 is 10.6 Å². The highest BCUT2D eigenvalue weighted by Crippen LogP contribution is 2.02. The lowest BCUT2D eigenvalue weighted by atomic mass is 10.3. The van der Waals surface area contributed by atoms with Gasteiger partial charge < -0.3 is 20.3 Å². The van der Waals surface area contributed by atoms with Crippen LogP contribution >= 0.6 is 0 Å². The van der Waals surface area contributed by atoms with E-state index in [1.807, 2.05) is 20.8 Å². The van der Waals surface area contributed by atoms with Crippen molar-refractivity contribution in [1.82, 2.24) is 20.4 Å². The number of piperazine rings is 1. The number of carbonyl (C=O) groups excluding carboxylic acids is 2. The molecular weight excluding hydrogens is 284 g/mol. The van der Waals surface area contributed by atoms with Gasteiger partial charge in [-0.25, -0.2) is 4.79 Å². The Kier molecular flexibility index (Phi) is 8.84. The summed E-state index contributed by atoms with van der Waals surface area (Å²) in [6, 6.07) is 0.138. The van der Waals surface area contributed by atoms with Crippen LogP contribution in [0.1, 0.15) is 27.2 Å². The third kappa shape index (κ3) is 7.61. The number of nitrogens with zero attached hydrogens (tertiary/aromatic N) is 2. The minimum absolute atomic E-state index is 0.0252. The molecule has 7 heteroatoms. The number of hydrogen-bond donors (Lipinski definition) is 2. The maximum Gasteiger partial charge on any atom is 0.317 e. The van der Waals surface area contributed by atoms with Crippen molar-refractivity contribution in [2.24, 2.45) is 0 Å². The summed E-state index contributed by atoms with van der Waals surface area (Å²) in [5.74, 6) is 0.0452. The highest BCUT2D eigenvalue weighted by Gasteiger charge is 2.22. The summed E-state index contributed by atoms with van der Waals surface area (Å²) in [5.41, 5.74) is 0. The zero-order chi connectivity index (χ0) is 16.4. The minimum Gasteiger partial charge on any atom is -0.382 e. The van der Waals surface area contributed by atoms with E-state index in [1.54, 1.807) is 4.90 Å². The maximum absolute atomic E-state index is 12.0. The molecule has 1 rings (SSSR count). The Morgan fingerprint density at radius 1 is 1.18 bits per heavy atom. The van der Waals surface area contributed by atoms with Crippen LogP contribution in [0.5, 0.6) is 0 Å². The van der Waals surface area contributed by atoms with Gasteiger partial charge in [0.25, 0.3) is 0 Å². The van der Waals surface area contributed by atoms with Gasteiger partial charge in [0.2, 0.25) is 5.91 Å². The van der Waals surface area contributed by atoms with E-state index in [0.29, 0.717) is 39.4 Å². The molecular formula is C15H30N4O3. The van der Waals surface area contributed by atoms with Crippen molar-refractivity contribution < 1.29 is 14.3 Å². The Balaban J connectivity index is 2.16. The number of hydrogen-bond acceptors (Lipinski definition) is 4. The van der Waals surface area contributed by atoms with Crippen LogP contribution in [0.2, 0.25) is 0 Å². The van der Waals surface area contributed by atoms with Gasteiger partial charge in [0.15, 0.2) is 0 Å². The molecule has 1 aliphatic rings. The van der Waals surface area contributed by atoms with Crippen LogP contribution in [0.4, 0.5) is 4.79 Å². The van der Waals surface area contributed by atoms with Gasteiger partial charge in [-0.15, -0.1) is 0 Å². The summed E-state index contributed by atoms with van der Waals surface area (Å²) in [6.07, 6.45) is 0.828. The molecule has 1 saturated heterocycles. The van der Waals surface area contributed by atoms with E-state index in [-0.39, 0.29) is 18.0 Å². The average Bonchev–Trinajstić information content (AvgIpc) is 2.46. The van der Waals surface area contributed by atoms with E-state index in [0.717, 1.165) is 19.5 Å². The van der Waals surface area contributed by atoms with E-state index in [1.165, 1.54) is 0 Å². The summed E-state index contributed by atoms with van der Waals surface area (Å²) < 4.78 is 5.23. The van der Waals surface area contributed by atoms with Crippen molar-refractivity contribution in [3.05, 3.63) is 0 Å². The van der Waals surface area contributed by atoms with Gasteiger partial charge in [0.1, 0.15) is 0 Å². The first-order chi connectivity index (χ1) is 10.5. The molecule has 0 bridgehead atoms. The molecule has 1 aliphatic heterocycles. The van der Waals surface area contributed by atoms with Crippen molar-refractivity contribution >= 4 is 11.9 Å². The van der Waals surface area contributed by atoms with Crippen molar-refractivity contribution in [2.75, 3.05) is 52.5 Å². The summed E-state index contributed by atoms with van der Waals surface area (Å²) in [6.45, 7) is 11.1. The first-order valence-electron chi connectivity index (χ1n) is 8.15. The Morgan fingerprint density at radius 3 is 2.45 bits per heavy atom. The molecule has 0 aromatic heterocycles. The molecule has 128 valence electrons. The lowest BCUT2D eigenvalue weighted by molar-refractivity contribution is -0.123. The van der Waals surface area contributed by atoms with E-state index < -0.39 is 0 Å². The summed E-state index contributed by atoms with van der Waals surface area (Å²) in [7, 11) is 0. The highest BCUT2D eigenvalue weighted by molar-refractivity contribution is 5.78. The second kappa shape index (κ2) is 10.4. The van der Waals surface area contributed by atoms with Gasteiger partial charge in [-0.2, -0.15) is 0 Å². The molecule has 2 N–H and O–H groups in total. The minimum atomic E-state index is -0.0252. The molecule has 0 unspecified atom stereocenters. The number of ether oxygens (including phenoxy) is 1. The Hall–Kier alpha value is -1.34. The molecule has 0 aromatic rings. The fourth-order valence-corrected chi connectivity index (χ4v) is 2.31. The number of carbonyl (C=O) groups is 2. The normalized spacial score (nSPS) is 15.9. The number of nitrogens with one attached hydrogen (secondary N) is 2. The Bertz CT molecular complexity index is 342. The number of rotatable bonds is 8. The summed E-state index contributed by atoms with van der Waals surface area (Å²) in [4.78, 5) is 27.6. The van der Waals surface area contributed by atoms with Crippen molar-refractivity contribution in [3.8, 4) is 0 Å². The Morgan fingerprint density at radius 2 is 1.86 bits per heavy atom. The lowest BCUT2D eigenvalue weighted by Gasteiger charge is -2.34. The SMILES string of the molecule is CCOCCCNC(=O)N1CCN(CC(=O)NC(C)C)CC1. The van der Waals surface area contributed by atoms with E-state index in [9.17, 15) is 9.59 Å².